The summed E-state index contributed by atoms with van der Waals surface area (Å²) in [5, 5.41) is 5.89. The van der Waals surface area contributed by atoms with Gasteiger partial charge in [-0.3, -0.25) is 15.6 Å². The number of fused-ring (bicyclic) bond motifs is 3. The van der Waals surface area contributed by atoms with E-state index in [1.54, 1.807) is 12.1 Å². The van der Waals surface area contributed by atoms with Gasteiger partial charge in [-0.05, 0) is 48.8 Å². The monoisotopic (exact) mass is 393 g/mol. The van der Waals surface area contributed by atoms with Gasteiger partial charge in [-0.25, -0.2) is 4.39 Å². The van der Waals surface area contributed by atoms with Crippen molar-refractivity contribution < 1.29 is 13.6 Å². The molecule has 5 nitrogen and oxygen atoms in total. The lowest BCUT2D eigenvalue weighted by atomic mass is 10.1. The maximum Gasteiger partial charge on any atom is 0.305 e. The topological polar surface area (TPSA) is 66.3 Å². The van der Waals surface area contributed by atoms with Crippen molar-refractivity contribution in [2.75, 3.05) is 5.32 Å². The van der Waals surface area contributed by atoms with Crippen LogP contribution in [0.5, 0.6) is 0 Å². The van der Waals surface area contributed by atoms with Crippen LogP contribution in [0.25, 0.3) is 21.7 Å². The Labute approximate surface area is 165 Å². The molecule has 0 fully saturated rings. The molecule has 1 amide bonds. The molecular weight excluding hydrogens is 377 g/mol. The Bertz CT molecular complexity index is 1200. The van der Waals surface area contributed by atoms with Gasteiger partial charge in [-0.1, -0.05) is 36.4 Å². The van der Waals surface area contributed by atoms with Gasteiger partial charge in [0, 0.05) is 22.0 Å². The number of halogens is 1. The standard InChI is InChI=1S/C21H16FN3O2S/c1-12-16-11-6-13-4-2-3-5-17(13)19(16)27-18(12)20(26)24-25-21(28)23-15-9-7-14(22)8-10-15/h2-11H,1H3,(H,24,26)(H2,23,25,28). The molecule has 0 unspecified atom stereocenters. The minimum Gasteiger partial charge on any atom is -0.450 e. The molecule has 0 saturated heterocycles. The Morgan fingerprint density at radius 1 is 0.964 bits per heavy atom. The quantitative estimate of drug-likeness (QED) is 0.341. The van der Waals surface area contributed by atoms with Gasteiger partial charge in [-0.15, -0.1) is 0 Å². The zero-order valence-electron chi connectivity index (χ0n) is 14.9. The third-order valence-electron chi connectivity index (χ3n) is 4.43. The summed E-state index contributed by atoms with van der Waals surface area (Å²) in [6.07, 6.45) is 0. The summed E-state index contributed by atoms with van der Waals surface area (Å²) >= 11 is 5.14. The largest absolute Gasteiger partial charge is 0.450 e. The van der Waals surface area contributed by atoms with Gasteiger partial charge in [-0.2, -0.15) is 0 Å². The van der Waals surface area contributed by atoms with E-state index in [1.807, 2.05) is 43.3 Å². The Kier molecular flexibility index (Phi) is 4.67. The zero-order chi connectivity index (χ0) is 19.7. The second kappa shape index (κ2) is 7.28. The third kappa shape index (κ3) is 3.39. The molecular formula is C21H16FN3O2S. The van der Waals surface area contributed by atoms with Crippen molar-refractivity contribution >= 4 is 50.7 Å². The maximum absolute atomic E-state index is 12.9. The van der Waals surface area contributed by atoms with Crippen molar-refractivity contribution in [2.45, 2.75) is 6.92 Å². The molecule has 4 aromatic rings. The number of anilines is 1. The average Bonchev–Trinajstić information content (AvgIpc) is 3.05. The summed E-state index contributed by atoms with van der Waals surface area (Å²) in [4.78, 5) is 12.6. The SMILES string of the molecule is Cc1c(C(=O)NNC(=S)Nc2ccc(F)cc2)oc2c1ccc1ccccc12. The lowest BCUT2D eigenvalue weighted by Crippen LogP contribution is -2.43. The second-order valence-corrected chi connectivity index (χ2v) is 6.67. The summed E-state index contributed by atoms with van der Waals surface area (Å²) < 4.78 is 18.8. The number of hydrogen-bond acceptors (Lipinski definition) is 3. The number of amides is 1. The number of thiocarbonyl (C=S) groups is 1. The predicted octanol–water partition coefficient (Wildman–Crippen LogP) is 4.66. The highest BCUT2D eigenvalue weighted by Gasteiger charge is 2.19. The van der Waals surface area contributed by atoms with Gasteiger partial charge in [0.25, 0.3) is 0 Å². The Morgan fingerprint density at radius 2 is 1.71 bits per heavy atom. The van der Waals surface area contributed by atoms with Crippen LogP contribution in [0.4, 0.5) is 10.1 Å². The van der Waals surface area contributed by atoms with Crippen molar-refractivity contribution in [3.05, 3.63) is 77.8 Å². The molecule has 0 aliphatic heterocycles. The van der Waals surface area contributed by atoms with Crippen molar-refractivity contribution in [1.29, 1.82) is 0 Å². The first kappa shape index (κ1) is 17.9. The van der Waals surface area contributed by atoms with Gasteiger partial charge in [0.05, 0.1) is 0 Å². The number of benzene rings is 3. The molecule has 0 saturated carbocycles. The minimum absolute atomic E-state index is 0.166. The smallest absolute Gasteiger partial charge is 0.305 e. The van der Waals surface area contributed by atoms with Crippen molar-refractivity contribution in [3.8, 4) is 0 Å². The van der Waals surface area contributed by atoms with Crippen LogP contribution in [0.1, 0.15) is 16.1 Å². The summed E-state index contributed by atoms with van der Waals surface area (Å²) in [5.74, 6) is -0.574. The summed E-state index contributed by atoms with van der Waals surface area (Å²) in [5.41, 5.74) is 7.16. The van der Waals surface area contributed by atoms with Gasteiger partial charge >= 0.3 is 5.91 Å². The fraction of sp³-hybridized carbons (Fsp3) is 0.0476. The normalized spacial score (nSPS) is 10.8. The molecule has 140 valence electrons. The number of rotatable bonds is 2. The summed E-state index contributed by atoms with van der Waals surface area (Å²) in [6, 6.07) is 17.5. The van der Waals surface area contributed by atoms with Crippen LogP contribution >= 0.6 is 12.2 Å². The van der Waals surface area contributed by atoms with E-state index in [9.17, 15) is 9.18 Å². The molecule has 7 heteroatoms. The number of carbonyl (C=O) groups excluding carboxylic acids is 1. The fourth-order valence-corrected chi connectivity index (χ4v) is 3.20. The van der Waals surface area contributed by atoms with Crippen LogP contribution in [0.2, 0.25) is 0 Å². The van der Waals surface area contributed by atoms with Crippen LogP contribution < -0.4 is 16.2 Å². The van der Waals surface area contributed by atoms with E-state index in [1.165, 1.54) is 12.1 Å². The second-order valence-electron chi connectivity index (χ2n) is 6.26. The van der Waals surface area contributed by atoms with Crippen molar-refractivity contribution in [3.63, 3.8) is 0 Å². The van der Waals surface area contributed by atoms with E-state index >= 15 is 0 Å². The first-order valence-electron chi connectivity index (χ1n) is 8.56. The van der Waals surface area contributed by atoms with E-state index < -0.39 is 5.91 Å². The zero-order valence-corrected chi connectivity index (χ0v) is 15.7. The molecule has 28 heavy (non-hydrogen) atoms. The molecule has 0 aliphatic carbocycles. The molecule has 3 N–H and O–H groups in total. The first-order valence-corrected chi connectivity index (χ1v) is 8.97. The number of furan rings is 1. The van der Waals surface area contributed by atoms with Crippen LogP contribution in [0, 0.1) is 12.7 Å². The first-order chi connectivity index (χ1) is 13.5. The van der Waals surface area contributed by atoms with E-state index in [2.05, 4.69) is 16.2 Å². The lowest BCUT2D eigenvalue weighted by molar-refractivity contribution is 0.0917. The molecule has 3 aromatic carbocycles. The molecule has 0 atom stereocenters. The molecule has 1 aromatic heterocycles. The molecule has 4 rings (SSSR count). The average molecular weight is 393 g/mol. The van der Waals surface area contributed by atoms with Gasteiger partial charge in [0.2, 0.25) is 0 Å². The van der Waals surface area contributed by atoms with Crippen LogP contribution in [0.15, 0.2) is 65.1 Å². The minimum atomic E-state index is -0.443. The van der Waals surface area contributed by atoms with Gasteiger partial charge in [0.15, 0.2) is 10.9 Å². The summed E-state index contributed by atoms with van der Waals surface area (Å²) in [7, 11) is 0. The molecule has 0 radical (unpaired) electrons. The number of hydrazine groups is 1. The fourth-order valence-electron chi connectivity index (χ4n) is 3.03. The van der Waals surface area contributed by atoms with E-state index in [-0.39, 0.29) is 16.7 Å². The van der Waals surface area contributed by atoms with Crippen LogP contribution in [0.3, 0.4) is 0 Å². The van der Waals surface area contributed by atoms with Gasteiger partial charge in [0.1, 0.15) is 11.4 Å². The number of aryl methyl sites for hydroxylation is 1. The van der Waals surface area contributed by atoms with E-state index in [0.717, 1.165) is 21.7 Å². The van der Waals surface area contributed by atoms with E-state index in [4.69, 9.17) is 16.6 Å². The molecule has 1 heterocycles. The Balaban J connectivity index is 1.51. The number of nitrogens with one attached hydrogen (secondary N) is 3. The lowest BCUT2D eigenvalue weighted by Gasteiger charge is -2.11. The highest BCUT2D eigenvalue weighted by Crippen LogP contribution is 2.31. The van der Waals surface area contributed by atoms with E-state index in [0.29, 0.717) is 11.3 Å². The van der Waals surface area contributed by atoms with Gasteiger partial charge < -0.3 is 9.73 Å². The third-order valence-corrected chi connectivity index (χ3v) is 4.63. The maximum atomic E-state index is 12.9. The number of hydrogen-bond donors (Lipinski definition) is 3. The molecule has 0 aliphatic rings. The van der Waals surface area contributed by atoms with Crippen molar-refractivity contribution in [2.24, 2.45) is 0 Å². The molecule has 0 spiro atoms. The Hall–Kier alpha value is -3.45. The van der Waals surface area contributed by atoms with Crippen LogP contribution in [-0.2, 0) is 0 Å². The highest BCUT2D eigenvalue weighted by molar-refractivity contribution is 7.80. The molecule has 0 bridgehead atoms. The summed E-state index contributed by atoms with van der Waals surface area (Å²) in [6.45, 7) is 1.84. The van der Waals surface area contributed by atoms with Crippen LogP contribution in [-0.4, -0.2) is 11.0 Å². The predicted molar refractivity (Wildman–Crippen MR) is 112 cm³/mol. The van der Waals surface area contributed by atoms with Crippen molar-refractivity contribution in [1.82, 2.24) is 10.9 Å². The number of carbonyl (C=O) groups is 1. The highest BCUT2D eigenvalue weighted by atomic mass is 32.1. The Morgan fingerprint density at radius 3 is 2.50 bits per heavy atom.